The normalized spacial score (nSPS) is 13.9. The Balaban J connectivity index is 1.58. The average Bonchev–Trinajstić information content (AvgIpc) is 2.79. The summed E-state index contributed by atoms with van der Waals surface area (Å²) >= 11 is 0. The number of unbranched alkanes of at least 4 members (excludes halogenated alkanes) is 3. The van der Waals surface area contributed by atoms with Crippen LogP contribution in [0.25, 0.3) is 0 Å². The lowest BCUT2D eigenvalue weighted by Crippen LogP contribution is -2.48. The minimum absolute atomic E-state index is 0.0141. The Morgan fingerprint density at radius 1 is 1.00 bits per heavy atom. The van der Waals surface area contributed by atoms with Gasteiger partial charge in [0.25, 0.3) is 5.91 Å². The summed E-state index contributed by atoms with van der Waals surface area (Å²) in [6.45, 7) is 5.40. The van der Waals surface area contributed by atoms with Crippen LogP contribution in [0.4, 0.5) is 5.69 Å². The van der Waals surface area contributed by atoms with E-state index >= 15 is 0 Å². The number of rotatable bonds is 9. The first-order chi connectivity index (χ1) is 14.6. The number of piperazine rings is 1. The summed E-state index contributed by atoms with van der Waals surface area (Å²) in [7, 11) is 1.60. The molecule has 30 heavy (non-hydrogen) atoms. The van der Waals surface area contributed by atoms with Crippen molar-refractivity contribution in [3.63, 3.8) is 0 Å². The van der Waals surface area contributed by atoms with Crippen LogP contribution in [0.2, 0.25) is 0 Å². The van der Waals surface area contributed by atoms with Gasteiger partial charge < -0.3 is 24.4 Å². The zero-order chi connectivity index (χ0) is 21.3. The van der Waals surface area contributed by atoms with Gasteiger partial charge in [-0.05, 0) is 36.8 Å². The second-order valence-electron chi connectivity index (χ2n) is 7.54. The number of methoxy groups -OCH3 is 1. The molecule has 6 heteroatoms. The number of nitrogens with zero attached hydrogens (tertiary/aromatic N) is 2. The fraction of sp³-hybridized carbons (Fsp3) is 0.458. The summed E-state index contributed by atoms with van der Waals surface area (Å²) in [5.74, 6) is 1.52. The van der Waals surface area contributed by atoms with Crippen molar-refractivity contribution in [3.8, 4) is 17.2 Å². The zero-order valence-corrected chi connectivity index (χ0v) is 18.0. The van der Waals surface area contributed by atoms with Crippen LogP contribution >= 0.6 is 0 Å². The monoisotopic (exact) mass is 412 g/mol. The van der Waals surface area contributed by atoms with E-state index in [0.29, 0.717) is 49.8 Å². The molecule has 0 aromatic heterocycles. The number of phenols is 1. The molecular weight excluding hydrogens is 380 g/mol. The predicted octanol–water partition coefficient (Wildman–Crippen LogP) is 4.32. The topological polar surface area (TPSA) is 62.2 Å². The first-order valence-electron chi connectivity index (χ1n) is 10.8. The van der Waals surface area contributed by atoms with Crippen LogP contribution in [0.3, 0.4) is 0 Å². The van der Waals surface area contributed by atoms with Crippen molar-refractivity contribution in [1.82, 2.24) is 4.90 Å². The highest BCUT2D eigenvalue weighted by molar-refractivity contribution is 5.95. The molecular formula is C24H32N2O4. The van der Waals surface area contributed by atoms with Gasteiger partial charge in [0.2, 0.25) is 0 Å². The highest BCUT2D eigenvalue weighted by Crippen LogP contribution is 2.30. The molecule has 1 amide bonds. The lowest BCUT2D eigenvalue weighted by Gasteiger charge is -2.36. The molecule has 2 aromatic carbocycles. The maximum Gasteiger partial charge on any atom is 0.254 e. The Kier molecular flexibility index (Phi) is 7.82. The van der Waals surface area contributed by atoms with E-state index in [0.717, 1.165) is 18.5 Å². The number of aromatic hydroxyl groups is 1. The van der Waals surface area contributed by atoms with Crippen molar-refractivity contribution >= 4 is 11.6 Å². The summed E-state index contributed by atoms with van der Waals surface area (Å²) in [6.07, 6.45) is 4.58. The quantitative estimate of drug-likeness (QED) is 0.622. The molecule has 1 fully saturated rings. The Morgan fingerprint density at radius 3 is 2.47 bits per heavy atom. The molecule has 1 aliphatic heterocycles. The predicted molar refractivity (Wildman–Crippen MR) is 119 cm³/mol. The van der Waals surface area contributed by atoms with Crippen LogP contribution in [-0.2, 0) is 0 Å². The van der Waals surface area contributed by atoms with Crippen molar-refractivity contribution in [3.05, 3.63) is 48.0 Å². The van der Waals surface area contributed by atoms with Crippen LogP contribution in [0.15, 0.2) is 42.5 Å². The first kappa shape index (κ1) is 21.8. The molecule has 0 bridgehead atoms. The number of para-hydroxylation sites is 2. The molecule has 0 spiro atoms. The van der Waals surface area contributed by atoms with Gasteiger partial charge in [0.05, 0.1) is 19.4 Å². The summed E-state index contributed by atoms with van der Waals surface area (Å²) in [5.41, 5.74) is 1.41. The van der Waals surface area contributed by atoms with Crippen molar-refractivity contribution < 1.29 is 19.4 Å². The molecule has 1 saturated heterocycles. The third-order valence-electron chi connectivity index (χ3n) is 5.46. The van der Waals surface area contributed by atoms with Gasteiger partial charge in [-0.2, -0.15) is 0 Å². The molecule has 2 aromatic rings. The van der Waals surface area contributed by atoms with E-state index in [9.17, 15) is 9.90 Å². The number of benzene rings is 2. The van der Waals surface area contributed by atoms with Crippen LogP contribution in [-0.4, -0.2) is 55.8 Å². The number of hydrogen-bond donors (Lipinski definition) is 1. The maximum atomic E-state index is 13.0. The molecule has 6 nitrogen and oxygen atoms in total. The second-order valence-corrected chi connectivity index (χ2v) is 7.54. The lowest BCUT2D eigenvalue weighted by atomic mass is 10.1. The van der Waals surface area contributed by atoms with Crippen LogP contribution < -0.4 is 14.4 Å². The minimum atomic E-state index is -0.0141. The Hall–Kier alpha value is -2.89. The number of amides is 1. The molecule has 0 saturated carbocycles. The van der Waals surface area contributed by atoms with Crippen molar-refractivity contribution in [1.29, 1.82) is 0 Å². The van der Waals surface area contributed by atoms with Crippen molar-refractivity contribution in [2.24, 2.45) is 0 Å². The smallest absolute Gasteiger partial charge is 0.254 e. The molecule has 0 radical (unpaired) electrons. The van der Waals surface area contributed by atoms with Gasteiger partial charge in [0.1, 0.15) is 5.75 Å². The number of anilines is 1. The highest BCUT2D eigenvalue weighted by Gasteiger charge is 2.24. The molecule has 0 unspecified atom stereocenters. The second kappa shape index (κ2) is 10.8. The Bertz CT molecular complexity index is 832. The van der Waals surface area contributed by atoms with Gasteiger partial charge in [-0.25, -0.2) is 0 Å². The van der Waals surface area contributed by atoms with Gasteiger partial charge in [0.15, 0.2) is 11.5 Å². The van der Waals surface area contributed by atoms with Gasteiger partial charge in [-0.3, -0.25) is 4.79 Å². The van der Waals surface area contributed by atoms with E-state index in [1.54, 1.807) is 19.2 Å². The van der Waals surface area contributed by atoms with Crippen molar-refractivity contribution in [2.75, 3.05) is 44.8 Å². The number of carbonyl (C=O) groups excluding carboxylic acids is 1. The van der Waals surface area contributed by atoms with E-state index in [4.69, 9.17) is 9.47 Å². The largest absolute Gasteiger partial charge is 0.506 e. The molecule has 0 aliphatic carbocycles. The average molecular weight is 413 g/mol. The van der Waals surface area contributed by atoms with Gasteiger partial charge in [-0.1, -0.05) is 38.3 Å². The fourth-order valence-electron chi connectivity index (χ4n) is 3.70. The van der Waals surface area contributed by atoms with Gasteiger partial charge in [-0.15, -0.1) is 0 Å². The van der Waals surface area contributed by atoms with E-state index in [-0.39, 0.29) is 11.7 Å². The van der Waals surface area contributed by atoms with E-state index in [1.165, 1.54) is 12.8 Å². The molecule has 0 atom stereocenters. The zero-order valence-electron chi connectivity index (χ0n) is 18.0. The SMILES string of the molecule is CCCCCCOc1ccc(C(=O)N2CCN(c3ccccc3O)CC2)cc1OC. The lowest BCUT2D eigenvalue weighted by molar-refractivity contribution is 0.0746. The van der Waals surface area contributed by atoms with Gasteiger partial charge in [0, 0.05) is 31.7 Å². The van der Waals surface area contributed by atoms with Crippen LogP contribution in [0.1, 0.15) is 43.0 Å². The first-order valence-corrected chi connectivity index (χ1v) is 10.8. The van der Waals surface area contributed by atoms with E-state index < -0.39 is 0 Å². The molecule has 1 aliphatic rings. The molecule has 1 heterocycles. The highest BCUT2D eigenvalue weighted by atomic mass is 16.5. The molecule has 1 N–H and O–H groups in total. The third-order valence-corrected chi connectivity index (χ3v) is 5.46. The summed E-state index contributed by atoms with van der Waals surface area (Å²) in [6, 6.07) is 12.7. The minimum Gasteiger partial charge on any atom is -0.506 e. The number of ether oxygens (including phenoxy) is 2. The number of phenolic OH excluding ortho intramolecular Hbond substituents is 1. The maximum absolute atomic E-state index is 13.0. The standard InChI is InChI=1S/C24H32N2O4/c1-3-4-5-8-17-30-22-12-11-19(18-23(22)29-2)24(28)26-15-13-25(14-16-26)20-9-6-7-10-21(20)27/h6-7,9-12,18,27H,3-5,8,13-17H2,1-2H3. The summed E-state index contributed by atoms with van der Waals surface area (Å²) < 4.78 is 11.3. The fourth-order valence-corrected chi connectivity index (χ4v) is 3.70. The van der Waals surface area contributed by atoms with E-state index in [2.05, 4.69) is 11.8 Å². The molecule has 3 rings (SSSR count). The Morgan fingerprint density at radius 2 is 1.77 bits per heavy atom. The number of hydrogen-bond acceptors (Lipinski definition) is 5. The van der Waals surface area contributed by atoms with Crippen LogP contribution in [0, 0.1) is 0 Å². The molecule has 162 valence electrons. The summed E-state index contributed by atoms with van der Waals surface area (Å²) in [5, 5.41) is 10.1. The van der Waals surface area contributed by atoms with Crippen molar-refractivity contribution in [2.45, 2.75) is 32.6 Å². The van der Waals surface area contributed by atoms with E-state index in [1.807, 2.05) is 35.2 Å². The number of carbonyl (C=O) groups is 1. The third kappa shape index (κ3) is 5.38. The Labute approximate surface area is 179 Å². The summed E-state index contributed by atoms with van der Waals surface area (Å²) in [4.78, 5) is 16.9. The van der Waals surface area contributed by atoms with Gasteiger partial charge >= 0.3 is 0 Å². The van der Waals surface area contributed by atoms with Crippen LogP contribution in [0.5, 0.6) is 17.2 Å².